The van der Waals surface area contributed by atoms with Crippen LogP contribution in [0.25, 0.3) is 0 Å². The zero-order valence-corrected chi connectivity index (χ0v) is 16.1. The van der Waals surface area contributed by atoms with Gasteiger partial charge in [0.05, 0.1) is 18.9 Å². The molecule has 1 aromatic carbocycles. The summed E-state index contributed by atoms with van der Waals surface area (Å²) in [4.78, 5) is 18.1. The van der Waals surface area contributed by atoms with Crippen LogP contribution in [0.4, 0.5) is 0 Å². The molecule has 4 rings (SSSR count). The standard InChI is InChI=1S/C22H24N4O3/c27-22(28)21(18-13-24-26(16-18)15-17-5-2-1-3-6-17)25-11-8-19(9-12-25)29-20-7-4-10-23-14-20/h1-7,10,13-14,16,19,21H,8-9,11-12,15H2,(H,27,28). The minimum absolute atomic E-state index is 0.0747. The summed E-state index contributed by atoms with van der Waals surface area (Å²) >= 11 is 0. The van der Waals surface area contributed by atoms with E-state index in [-0.39, 0.29) is 6.10 Å². The van der Waals surface area contributed by atoms with Gasteiger partial charge in [-0.2, -0.15) is 5.10 Å². The number of ether oxygens (including phenoxy) is 1. The van der Waals surface area contributed by atoms with Gasteiger partial charge in [-0.05, 0) is 30.5 Å². The molecule has 3 heterocycles. The van der Waals surface area contributed by atoms with Crippen molar-refractivity contribution in [2.24, 2.45) is 0 Å². The minimum atomic E-state index is -0.851. The van der Waals surface area contributed by atoms with Gasteiger partial charge in [0, 0.05) is 31.0 Å². The second-order valence-corrected chi connectivity index (χ2v) is 7.24. The maximum Gasteiger partial charge on any atom is 0.325 e. The Balaban J connectivity index is 1.39. The van der Waals surface area contributed by atoms with Crippen molar-refractivity contribution in [1.82, 2.24) is 19.7 Å². The van der Waals surface area contributed by atoms with Crippen molar-refractivity contribution in [3.05, 3.63) is 78.4 Å². The van der Waals surface area contributed by atoms with Crippen LogP contribution in [0.1, 0.15) is 30.0 Å². The highest BCUT2D eigenvalue weighted by atomic mass is 16.5. The lowest BCUT2D eigenvalue weighted by molar-refractivity contribution is -0.144. The number of rotatable bonds is 7. The van der Waals surface area contributed by atoms with Crippen LogP contribution in [-0.4, -0.2) is 49.9 Å². The maximum absolute atomic E-state index is 12.0. The van der Waals surface area contributed by atoms with E-state index in [1.165, 1.54) is 0 Å². The average molecular weight is 392 g/mol. The summed E-state index contributed by atoms with van der Waals surface area (Å²) in [6.45, 7) is 1.94. The van der Waals surface area contributed by atoms with Crippen LogP contribution in [0, 0.1) is 0 Å². The van der Waals surface area contributed by atoms with E-state index < -0.39 is 12.0 Å². The van der Waals surface area contributed by atoms with E-state index >= 15 is 0 Å². The van der Waals surface area contributed by atoms with Crippen LogP contribution in [0.15, 0.2) is 67.3 Å². The fourth-order valence-corrected chi connectivity index (χ4v) is 3.75. The number of carboxylic acids is 1. The molecule has 0 bridgehead atoms. The molecule has 7 heteroatoms. The van der Waals surface area contributed by atoms with E-state index in [0.29, 0.717) is 25.2 Å². The van der Waals surface area contributed by atoms with E-state index in [0.717, 1.165) is 24.2 Å². The van der Waals surface area contributed by atoms with Gasteiger partial charge in [-0.25, -0.2) is 0 Å². The summed E-state index contributed by atoms with van der Waals surface area (Å²) in [5.41, 5.74) is 1.84. The largest absolute Gasteiger partial charge is 0.489 e. The third-order valence-electron chi connectivity index (χ3n) is 5.17. The monoisotopic (exact) mass is 392 g/mol. The van der Waals surface area contributed by atoms with Crippen molar-refractivity contribution in [1.29, 1.82) is 0 Å². The Labute approximate surface area is 169 Å². The van der Waals surface area contributed by atoms with Gasteiger partial charge in [-0.15, -0.1) is 0 Å². The molecule has 150 valence electrons. The number of aromatic nitrogens is 3. The van der Waals surface area contributed by atoms with Crippen LogP contribution in [0.2, 0.25) is 0 Å². The second kappa shape index (κ2) is 8.87. The first kappa shape index (κ1) is 19.1. The highest BCUT2D eigenvalue weighted by Gasteiger charge is 2.32. The van der Waals surface area contributed by atoms with Gasteiger partial charge >= 0.3 is 5.97 Å². The van der Waals surface area contributed by atoms with Crippen molar-refractivity contribution in [3.8, 4) is 5.75 Å². The molecular formula is C22H24N4O3. The van der Waals surface area contributed by atoms with Gasteiger partial charge in [-0.1, -0.05) is 30.3 Å². The lowest BCUT2D eigenvalue weighted by Gasteiger charge is -2.35. The fourth-order valence-electron chi connectivity index (χ4n) is 3.75. The van der Waals surface area contributed by atoms with Crippen LogP contribution in [0.5, 0.6) is 5.75 Å². The van der Waals surface area contributed by atoms with Gasteiger partial charge in [0.15, 0.2) is 0 Å². The molecule has 3 aromatic rings. The Hall–Kier alpha value is -3.19. The quantitative estimate of drug-likeness (QED) is 0.666. The lowest BCUT2D eigenvalue weighted by Crippen LogP contribution is -2.42. The van der Waals surface area contributed by atoms with Crippen LogP contribution in [0.3, 0.4) is 0 Å². The molecule has 1 aliphatic rings. The first-order valence-corrected chi connectivity index (χ1v) is 9.79. The molecule has 0 saturated carbocycles. The molecule has 1 fully saturated rings. The summed E-state index contributed by atoms with van der Waals surface area (Å²) < 4.78 is 7.76. The van der Waals surface area contributed by atoms with Gasteiger partial charge < -0.3 is 9.84 Å². The van der Waals surface area contributed by atoms with Crippen molar-refractivity contribution >= 4 is 5.97 Å². The summed E-state index contributed by atoms with van der Waals surface area (Å²) in [6.07, 6.45) is 8.54. The van der Waals surface area contributed by atoms with E-state index in [1.807, 2.05) is 53.6 Å². The zero-order chi connectivity index (χ0) is 20.1. The molecule has 1 unspecified atom stereocenters. The predicted molar refractivity (Wildman–Crippen MR) is 108 cm³/mol. The number of carbonyl (C=O) groups is 1. The lowest BCUT2D eigenvalue weighted by atomic mass is 10.0. The SMILES string of the molecule is O=C(O)C(c1cnn(Cc2ccccc2)c1)N1CCC(Oc2cccnc2)CC1. The Morgan fingerprint density at radius 3 is 2.62 bits per heavy atom. The van der Waals surface area contributed by atoms with Crippen molar-refractivity contribution in [2.45, 2.75) is 31.5 Å². The van der Waals surface area contributed by atoms with Gasteiger partial charge in [0.1, 0.15) is 17.9 Å². The number of benzene rings is 1. The van der Waals surface area contributed by atoms with Crippen LogP contribution >= 0.6 is 0 Å². The normalized spacial score (nSPS) is 16.4. The van der Waals surface area contributed by atoms with Gasteiger partial charge in [0.2, 0.25) is 0 Å². The number of hydrogen-bond donors (Lipinski definition) is 1. The Bertz CT molecular complexity index is 922. The number of carboxylic acid groups (broad SMARTS) is 1. The minimum Gasteiger partial charge on any atom is -0.489 e. The Kier molecular flexibility index (Phi) is 5.86. The van der Waals surface area contributed by atoms with Crippen molar-refractivity contribution in [3.63, 3.8) is 0 Å². The second-order valence-electron chi connectivity index (χ2n) is 7.24. The molecule has 2 aromatic heterocycles. The van der Waals surface area contributed by atoms with E-state index in [4.69, 9.17) is 4.74 Å². The van der Waals surface area contributed by atoms with Crippen LogP contribution in [-0.2, 0) is 11.3 Å². The third-order valence-corrected chi connectivity index (χ3v) is 5.17. The number of nitrogens with zero attached hydrogens (tertiary/aromatic N) is 4. The van der Waals surface area contributed by atoms with E-state index in [1.54, 1.807) is 23.3 Å². The number of aliphatic carboxylic acids is 1. The van der Waals surface area contributed by atoms with E-state index in [2.05, 4.69) is 10.1 Å². The number of hydrogen-bond acceptors (Lipinski definition) is 5. The third kappa shape index (κ3) is 4.81. The summed E-state index contributed by atoms with van der Waals surface area (Å²) in [5.74, 6) is -0.0983. The van der Waals surface area contributed by atoms with Gasteiger partial charge in [-0.3, -0.25) is 19.4 Å². The molecule has 7 nitrogen and oxygen atoms in total. The fraction of sp³-hybridized carbons (Fsp3) is 0.318. The summed E-state index contributed by atoms with van der Waals surface area (Å²) in [5, 5.41) is 14.2. The van der Waals surface area contributed by atoms with E-state index in [9.17, 15) is 9.90 Å². The molecule has 0 radical (unpaired) electrons. The molecular weight excluding hydrogens is 368 g/mol. The first-order valence-electron chi connectivity index (χ1n) is 9.79. The van der Waals surface area contributed by atoms with Crippen LogP contribution < -0.4 is 4.74 Å². The van der Waals surface area contributed by atoms with Crippen molar-refractivity contribution in [2.75, 3.05) is 13.1 Å². The number of piperidine rings is 1. The smallest absolute Gasteiger partial charge is 0.325 e. The number of pyridine rings is 1. The molecule has 1 N–H and O–H groups in total. The summed E-state index contributed by atoms with van der Waals surface area (Å²) in [6, 6.07) is 13.0. The molecule has 1 aliphatic heterocycles. The average Bonchev–Trinajstić information content (AvgIpc) is 3.18. The highest BCUT2D eigenvalue weighted by molar-refractivity contribution is 5.75. The Morgan fingerprint density at radius 1 is 1.14 bits per heavy atom. The Morgan fingerprint density at radius 2 is 1.93 bits per heavy atom. The predicted octanol–water partition coefficient (Wildman–Crippen LogP) is 3.00. The molecule has 0 spiro atoms. The maximum atomic E-state index is 12.0. The zero-order valence-electron chi connectivity index (χ0n) is 16.1. The molecule has 1 saturated heterocycles. The molecule has 1 atom stereocenters. The summed E-state index contributed by atoms with van der Waals surface area (Å²) in [7, 11) is 0. The van der Waals surface area contributed by atoms with Crippen molar-refractivity contribution < 1.29 is 14.6 Å². The first-order chi connectivity index (χ1) is 14.2. The number of likely N-dealkylation sites (tertiary alicyclic amines) is 1. The highest BCUT2D eigenvalue weighted by Crippen LogP contribution is 2.26. The molecule has 0 aliphatic carbocycles. The molecule has 29 heavy (non-hydrogen) atoms. The molecule has 0 amide bonds. The van der Waals surface area contributed by atoms with Gasteiger partial charge in [0.25, 0.3) is 0 Å². The topological polar surface area (TPSA) is 80.5 Å².